The van der Waals surface area contributed by atoms with Crippen molar-refractivity contribution in [2.45, 2.75) is 25.7 Å². The van der Waals surface area contributed by atoms with E-state index in [9.17, 15) is 8.42 Å². The molecule has 0 aliphatic rings. The summed E-state index contributed by atoms with van der Waals surface area (Å²) in [4.78, 5) is 4.74. The van der Waals surface area contributed by atoms with Gasteiger partial charge in [0, 0.05) is 11.5 Å². The van der Waals surface area contributed by atoms with Gasteiger partial charge < -0.3 is 4.74 Å². The highest BCUT2D eigenvalue weighted by molar-refractivity contribution is 7.92. The zero-order valence-electron chi connectivity index (χ0n) is 17.2. The fourth-order valence-electron chi connectivity index (χ4n) is 3.37. The average Bonchev–Trinajstić information content (AvgIpc) is 3.07. The highest BCUT2D eigenvalue weighted by atomic mass is 32.2. The van der Waals surface area contributed by atoms with Crippen LogP contribution < -0.4 is 9.46 Å². The average molecular weight is 423 g/mol. The minimum absolute atomic E-state index is 0.0676. The Kier molecular flexibility index (Phi) is 4.95. The minimum atomic E-state index is -3.91. The second kappa shape index (κ2) is 7.46. The number of benzene rings is 2. The number of aromatic nitrogens is 3. The molecular weight excluding hydrogens is 400 g/mol. The van der Waals surface area contributed by atoms with E-state index in [0.717, 1.165) is 22.0 Å². The quantitative estimate of drug-likeness (QED) is 0.522. The van der Waals surface area contributed by atoms with Crippen LogP contribution in [0.3, 0.4) is 0 Å². The normalized spacial score (nSPS) is 11.6. The van der Waals surface area contributed by atoms with Gasteiger partial charge in [0.15, 0.2) is 5.82 Å². The van der Waals surface area contributed by atoms with Crippen LogP contribution >= 0.6 is 0 Å². The summed E-state index contributed by atoms with van der Waals surface area (Å²) in [6.45, 7) is 5.62. The number of para-hydroxylation sites is 1. The van der Waals surface area contributed by atoms with Crippen molar-refractivity contribution in [1.82, 2.24) is 14.8 Å². The number of nitrogens with zero attached hydrogens (tertiary/aromatic N) is 3. The predicted molar refractivity (Wildman–Crippen MR) is 117 cm³/mol. The number of rotatable bonds is 5. The third-order valence-electron chi connectivity index (χ3n) is 4.81. The lowest BCUT2D eigenvalue weighted by atomic mass is 10.1. The van der Waals surface area contributed by atoms with Crippen molar-refractivity contribution in [2.75, 3.05) is 11.8 Å². The van der Waals surface area contributed by atoms with Crippen molar-refractivity contribution < 1.29 is 13.2 Å². The van der Waals surface area contributed by atoms with Gasteiger partial charge in [-0.15, -0.1) is 0 Å². The zero-order valence-corrected chi connectivity index (χ0v) is 18.0. The topological polar surface area (TPSA) is 86.1 Å². The predicted octanol–water partition coefficient (Wildman–Crippen LogP) is 4.16. The molecule has 0 saturated carbocycles. The Morgan fingerprint density at radius 1 is 1.00 bits per heavy atom. The standard InChI is InChI=1S/C22H22N4O3S/c1-14-9-10-19(29-4)20(11-14)30(27,28)25-22-13-16(3)24-26(22)21-12-15(2)17-7-5-6-8-18(17)23-21/h5-13,25H,1-4H3. The number of sulfonamides is 1. The zero-order chi connectivity index (χ0) is 21.5. The van der Waals surface area contributed by atoms with E-state index in [1.807, 2.05) is 44.2 Å². The first-order valence-corrected chi connectivity index (χ1v) is 10.9. The van der Waals surface area contributed by atoms with Gasteiger partial charge in [0.05, 0.1) is 18.3 Å². The Bertz CT molecular complexity index is 1360. The van der Waals surface area contributed by atoms with Crippen LogP contribution in [0.15, 0.2) is 59.5 Å². The summed E-state index contributed by atoms with van der Waals surface area (Å²) in [5.74, 6) is 1.11. The molecule has 2 aromatic heterocycles. The van der Waals surface area contributed by atoms with Crippen molar-refractivity contribution in [3.8, 4) is 11.6 Å². The maximum atomic E-state index is 13.2. The summed E-state index contributed by atoms with van der Waals surface area (Å²) in [5, 5.41) is 5.50. The van der Waals surface area contributed by atoms with E-state index in [1.54, 1.807) is 31.2 Å². The molecule has 0 bridgehead atoms. The Labute approximate surface area is 175 Å². The molecule has 1 N–H and O–H groups in total. The fourth-order valence-corrected chi connectivity index (χ4v) is 4.66. The van der Waals surface area contributed by atoms with E-state index in [4.69, 9.17) is 4.74 Å². The van der Waals surface area contributed by atoms with Gasteiger partial charge in [-0.3, -0.25) is 4.72 Å². The van der Waals surface area contributed by atoms with Gasteiger partial charge in [-0.05, 0) is 56.2 Å². The van der Waals surface area contributed by atoms with Crippen molar-refractivity contribution in [3.05, 3.63) is 71.4 Å². The molecule has 4 aromatic rings. The molecule has 30 heavy (non-hydrogen) atoms. The van der Waals surface area contributed by atoms with Crippen LogP contribution in [-0.4, -0.2) is 30.3 Å². The number of ether oxygens (including phenoxy) is 1. The van der Waals surface area contributed by atoms with Crippen LogP contribution in [0.25, 0.3) is 16.7 Å². The van der Waals surface area contributed by atoms with E-state index in [0.29, 0.717) is 17.3 Å². The molecule has 0 amide bonds. The van der Waals surface area contributed by atoms with E-state index in [-0.39, 0.29) is 10.6 Å². The number of hydrogen-bond donors (Lipinski definition) is 1. The van der Waals surface area contributed by atoms with E-state index in [1.165, 1.54) is 11.8 Å². The maximum Gasteiger partial charge on any atom is 0.266 e. The van der Waals surface area contributed by atoms with Crippen molar-refractivity contribution >= 4 is 26.7 Å². The van der Waals surface area contributed by atoms with E-state index in [2.05, 4.69) is 14.8 Å². The largest absolute Gasteiger partial charge is 0.495 e. The molecule has 2 aromatic carbocycles. The molecule has 2 heterocycles. The lowest BCUT2D eigenvalue weighted by molar-refractivity contribution is 0.402. The molecular formula is C22H22N4O3S. The molecule has 8 heteroatoms. The van der Waals surface area contributed by atoms with Crippen LogP contribution in [0, 0.1) is 20.8 Å². The van der Waals surface area contributed by atoms with Gasteiger partial charge in [-0.2, -0.15) is 9.78 Å². The highest BCUT2D eigenvalue weighted by Crippen LogP contribution is 2.28. The summed E-state index contributed by atoms with van der Waals surface area (Å²) < 4.78 is 35.7. The number of aryl methyl sites for hydroxylation is 3. The van der Waals surface area contributed by atoms with Crippen LogP contribution in [0.4, 0.5) is 5.82 Å². The SMILES string of the molecule is COc1ccc(C)cc1S(=O)(=O)Nc1cc(C)nn1-c1cc(C)c2ccccc2n1. The Balaban J connectivity index is 1.81. The van der Waals surface area contributed by atoms with Crippen LogP contribution in [-0.2, 0) is 10.0 Å². The van der Waals surface area contributed by atoms with Crippen LogP contribution in [0.5, 0.6) is 5.75 Å². The number of pyridine rings is 1. The van der Waals surface area contributed by atoms with Gasteiger partial charge >= 0.3 is 0 Å². The number of fused-ring (bicyclic) bond motifs is 1. The third kappa shape index (κ3) is 3.61. The van der Waals surface area contributed by atoms with Gasteiger partial charge in [-0.1, -0.05) is 24.3 Å². The molecule has 154 valence electrons. The fraction of sp³-hybridized carbons (Fsp3) is 0.182. The molecule has 7 nitrogen and oxygen atoms in total. The van der Waals surface area contributed by atoms with Crippen molar-refractivity contribution in [2.24, 2.45) is 0 Å². The van der Waals surface area contributed by atoms with Gasteiger partial charge in [0.25, 0.3) is 10.0 Å². The van der Waals surface area contributed by atoms with Crippen molar-refractivity contribution in [3.63, 3.8) is 0 Å². The van der Waals surface area contributed by atoms with Crippen molar-refractivity contribution in [1.29, 1.82) is 0 Å². The number of hydrogen-bond acceptors (Lipinski definition) is 5. The summed E-state index contributed by atoms with van der Waals surface area (Å²) in [6.07, 6.45) is 0. The first-order chi connectivity index (χ1) is 14.3. The van der Waals surface area contributed by atoms with Gasteiger partial charge in [0.2, 0.25) is 0 Å². The molecule has 0 aliphatic heterocycles. The molecule has 0 atom stereocenters. The summed E-state index contributed by atoms with van der Waals surface area (Å²) in [7, 11) is -2.47. The Morgan fingerprint density at radius 2 is 1.77 bits per heavy atom. The lowest BCUT2D eigenvalue weighted by Crippen LogP contribution is -2.17. The molecule has 4 rings (SSSR count). The number of nitrogens with one attached hydrogen (secondary N) is 1. The molecule has 0 radical (unpaired) electrons. The smallest absolute Gasteiger partial charge is 0.266 e. The first-order valence-electron chi connectivity index (χ1n) is 9.39. The second-order valence-electron chi connectivity index (χ2n) is 7.16. The lowest BCUT2D eigenvalue weighted by Gasteiger charge is -2.14. The Hall–Kier alpha value is -3.39. The Morgan fingerprint density at radius 3 is 2.53 bits per heavy atom. The summed E-state index contributed by atoms with van der Waals surface area (Å²) in [5.41, 5.74) is 3.32. The molecule has 0 spiro atoms. The summed E-state index contributed by atoms with van der Waals surface area (Å²) in [6, 6.07) is 16.4. The highest BCUT2D eigenvalue weighted by Gasteiger charge is 2.23. The minimum Gasteiger partial charge on any atom is -0.495 e. The number of anilines is 1. The van der Waals surface area contributed by atoms with Crippen LogP contribution in [0.1, 0.15) is 16.8 Å². The van der Waals surface area contributed by atoms with Gasteiger partial charge in [0.1, 0.15) is 16.5 Å². The van der Waals surface area contributed by atoms with E-state index >= 15 is 0 Å². The third-order valence-corrected chi connectivity index (χ3v) is 6.18. The monoisotopic (exact) mass is 422 g/mol. The van der Waals surface area contributed by atoms with Crippen LogP contribution in [0.2, 0.25) is 0 Å². The maximum absolute atomic E-state index is 13.2. The molecule has 0 saturated heterocycles. The molecule has 0 fully saturated rings. The summed E-state index contributed by atoms with van der Waals surface area (Å²) >= 11 is 0. The molecule has 0 unspecified atom stereocenters. The number of methoxy groups -OCH3 is 1. The molecule has 0 aliphatic carbocycles. The van der Waals surface area contributed by atoms with E-state index < -0.39 is 10.0 Å². The second-order valence-corrected chi connectivity index (χ2v) is 8.81. The first kappa shape index (κ1) is 19.9. The van der Waals surface area contributed by atoms with Gasteiger partial charge in [-0.25, -0.2) is 13.4 Å².